The topological polar surface area (TPSA) is 63.2 Å². The number of halogens is 1. The maximum atomic E-state index is 12.6. The number of carbonyl (C=O) groups excluding carboxylic acids is 1. The first-order valence-electron chi connectivity index (χ1n) is 6.78. The van der Waals surface area contributed by atoms with Crippen molar-refractivity contribution < 1.29 is 13.2 Å². The van der Waals surface area contributed by atoms with Gasteiger partial charge >= 0.3 is 0 Å². The number of rotatable bonds is 3. The van der Waals surface area contributed by atoms with Crippen LogP contribution in [0.1, 0.15) is 10.4 Å². The molecule has 1 N–H and O–H groups in total. The highest BCUT2D eigenvalue weighted by molar-refractivity contribution is 7.90. The van der Waals surface area contributed by atoms with Crippen molar-refractivity contribution in [2.45, 2.75) is 4.90 Å². The summed E-state index contributed by atoms with van der Waals surface area (Å²) in [5.41, 5.74) is 0.109. The lowest BCUT2D eigenvalue weighted by atomic mass is 10.1. The highest BCUT2D eigenvalue weighted by atomic mass is 35.5. The first-order chi connectivity index (χ1) is 11.0. The summed E-state index contributed by atoms with van der Waals surface area (Å²) in [5, 5.41) is 1.52. The van der Waals surface area contributed by atoms with Crippen molar-refractivity contribution in [3.63, 3.8) is 0 Å². The fourth-order valence-corrected chi connectivity index (χ4v) is 3.73. The first kappa shape index (κ1) is 15.5. The predicted molar refractivity (Wildman–Crippen MR) is 90.1 cm³/mol. The zero-order valence-electron chi connectivity index (χ0n) is 11.9. The Morgan fingerprint density at radius 2 is 1.52 bits per heavy atom. The predicted octanol–water partition coefficient (Wildman–Crippen LogP) is 3.61. The summed E-state index contributed by atoms with van der Waals surface area (Å²) in [4.78, 5) is 12.3. The zero-order valence-corrected chi connectivity index (χ0v) is 13.4. The van der Waals surface area contributed by atoms with Crippen LogP contribution in [-0.4, -0.2) is 14.3 Å². The van der Waals surface area contributed by atoms with Gasteiger partial charge in [0.25, 0.3) is 15.9 Å². The molecule has 0 spiro atoms. The van der Waals surface area contributed by atoms with E-state index >= 15 is 0 Å². The van der Waals surface area contributed by atoms with Gasteiger partial charge in [-0.05, 0) is 23.6 Å². The van der Waals surface area contributed by atoms with Gasteiger partial charge in [0.15, 0.2) is 0 Å². The molecule has 3 aromatic rings. The van der Waals surface area contributed by atoms with Gasteiger partial charge in [-0.2, -0.15) is 0 Å². The lowest BCUT2D eigenvalue weighted by Gasteiger charge is -2.10. The molecule has 0 heterocycles. The second-order valence-corrected chi connectivity index (χ2v) is 6.95. The van der Waals surface area contributed by atoms with Crippen LogP contribution >= 0.6 is 11.6 Å². The van der Waals surface area contributed by atoms with Crippen LogP contribution < -0.4 is 4.72 Å². The normalized spacial score (nSPS) is 11.3. The smallest absolute Gasteiger partial charge is 0.266 e. The van der Waals surface area contributed by atoms with Crippen molar-refractivity contribution in [3.05, 3.63) is 77.3 Å². The van der Waals surface area contributed by atoms with E-state index in [9.17, 15) is 13.2 Å². The lowest BCUT2D eigenvalue weighted by Crippen LogP contribution is -2.30. The molecule has 0 unspecified atom stereocenters. The highest BCUT2D eigenvalue weighted by Crippen LogP contribution is 2.23. The third-order valence-electron chi connectivity index (χ3n) is 3.38. The molecule has 116 valence electrons. The average molecular weight is 346 g/mol. The van der Waals surface area contributed by atoms with E-state index in [4.69, 9.17) is 11.6 Å². The fourth-order valence-electron chi connectivity index (χ4n) is 2.31. The third kappa shape index (κ3) is 3.06. The van der Waals surface area contributed by atoms with E-state index in [1.54, 1.807) is 30.3 Å². The molecule has 23 heavy (non-hydrogen) atoms. The Bertz CT molecular complexity index is 994. The Kier molecular flexibility index (Phi) is 4.07. The summed E-state index contributed by atoms with van der Waals surface area (Å²) in [5.74, 6) is -0.761. The zero-order chi connectivity index (χ0) is 16.4. The summed E-state index contributed by atoms with van der Waals surface area (Å²) in [6.45, 7) is 0. The summed E-state index contributed by atoms with van der Waals surface area (Å²) in [6, 6.07) is 18.3. The molecule has 0 saturated heterocycles. The van der Waals surface area contributed by atoms with E-state index in [0.29, 0.717) is 5.39 Å². The monoisotopic (exact) mass is 345 g/mol. The van der Waals surface area contributed by atoms with Gasteiger partial charge < -0.3 is 0 Å². The molecule has 3 rings (SSSR count). The molecule has 0 aliphatic carbocycles. The summed E-state index contributed by atoms with van der Waals surface area (Å²) < 4.78 is 27.2. The minimum Gasteiger partial charge on any atom is -0.268 e. The number of hydrogen-bond acceptors (Lipinski definition) is 3. The Hall–Kier alpha value is -2.37. The SMILES string of the molecule is O=C(NS(=O)(=O)c1cccc2ccccc12)c1ccccc1Cl. The molecule has 0 fully saturated rings. The van der Waals surface area contributed by atoms with Crippen LogP contribution in [0.3, 0.4) is 0 Å². The minimum atomic E-state index is -4.01. The molecule has 0 radical (unpaired) electrons. The van der Waals surface area contributed by atoms with Crippen molar-refractivity contribution in [1.29, 1.82) is 0 Å². The van der Waals surface area contributed by atoms with Gasteiger partial charge in [-0.25, -0.2) is 13.1 Å². The van der Waals surface area contributed by atoms with Crippen LogP contribution in [0.4, 0.5) is 0 Å². The number of carbonyl (C=O) groups is 1. The second-order valence-electron chi connectivity index (χ2n) is 4.89. The average Bonchev–Trinajstić information content (AvgIpc) is 2.54. The number of benzene rings is 3. The molecule has 0 aromatic heterocycles. The van der Waals surface area contributed by atoms with Gasteiger partial charge in [-0.15, -0.1) is 0 Å². The van der Waals surface area contributed by atoms with E-state index in [1.807, 2.05) is 18.2 Å². The maximum absolute atomic E-state index is 12.6. The molecule has 0 bridgehead atoms. The number of nitrogens with one attached hydrogen (secondary N) is 1. The summed E-state index contributed by atoms with van der Waals surface area (Å²) >= 11 is 5.93. The minimum absolute atomic E-state index is 0.0519. The van der Waals surface area contributed by atoms with Gasteiger partial charge in [0, 0.05) is 5.39 Å². The molecule has 4 nitrogen and oxygen atoms in total. The first-order valence-corrected chi connectivity index (χ1v) is 8.64. The van der Waals surface area contributed by atoms with Crippen molar-refractivity contribution >= 4 is 38.3 Å². The quantitative estimate of drug-likeness (QED) is 0.788. The molecular weight excluding hydrogens is 334 g/mol. The van der Waals surface area contributed by atoms with Gasteiger partial charge in [0.2, 0.25) is 0 Å². The van der Waals surface area contributed by atoms with Crippen LogP contribution in [0, 0.1) is 0 Å². The molecule has 0 saturated carbocycles. The Morgan fingerprint density at radius 3 is 2.30 bits per heavy atom. The molecule has 6 heteroatoms. The standard InChI is InChI=1S/C17H12ClNO3S/c18-15-10-4-3-9-14(15)17(20)19-23(21,22)16-11-5-7-12-6-1-2-8-13(12)16/h1-11H,(H,19,20). The largest absolute Gasteiger partial charge is 0.268 e. The Balaban J connectivity index is 2.02. The summed E-state index contributed by atoms with van der Waals surface area (Å²) in [6.07, 6.45) is 0. The van der Waals surface area contributed by atoms with Crippen LogP contribution in [0.2, 0.25) is 5.02 Å². The van der Waals surface area contributed by atoms with Gasteiger partial charge in [-0.1, -0.05) is 60.1 Å². The summed E-state index contributed by atoms with van der Waals surface area (Å²) in [7, 11) is -4.01. The number of fused-ring (bicyclic) bond motifs is 1. The molecule has 0 aliphatic rings. The molecule has 3 aromatic carbocycles. The van der Waals surface area contributed by atoms with E-state index < -0.39 is 15.9 Å². The van der Waals surface area contributed by atoms with Gasteiger partial charge in [0.05, 0.1) is 15.5 Å². The Labute approximate surface area is 138 Å². The van der Waals surface area contributed by atoms with Crippen LogP contribution in [0.15, 0.2) is 71.6 Å². The van der Waals surface area contributed by atoms with Crippen molar-refractivity contribution in [2.24, 2.45) is 0 Å². The molecule has 1 amide bonds. The number of sulfonamides is 1. The highest BCUT2D eigenvalue weighted by Gasteiger charge is 2.21. The molecule has 0 aliphatic heterocycles. The van der Waals surface area contributed by atoms with Crippen LogP contribution in [0.25, 0.3) is 10.8 Å². The van der Waals surface area contributed by atoms with E-state index in [-0.39, 0.29) is 15.5 Å². The Morgan fingerprint density at radius 1 is 0.870 bits per heavy atom. The van der Waals surface area contributed by atoms with Crippen molar-refractivity contribution in [1.82, 2.24) is 4.72 Å². The molecule has 0 atom stereocenters. The van der Waals surface area contributed by atoms with E-state index in [1.165, 1.54) is 18.2 Å². The van der Waals surface area contributed by atoms with Crippen LogP contribution in [0.5, 0.6) is 0 Å². The number of hydrogen-bond donors (Lipinski definition) is 1. The molecular formula is C17H12ClNO3S. The fraction of sp³-hybridized carbons (Fsp3) is 0. The van der Waals surface area contributed by atoms with Crippen LogP contribution in [-0.2, 0) is 10.0 Å². The lowest BCUT2D eigenvalue weighted by molar-refractivity contribution is 0.0981. The van der Waals surface area contributed by atoms with Gasteiger partial charge in [-0.3, -0.25) is 4.79 Å². The van der Waals surface area contributed by atoms with E-state index in [0.717, 1.165) is 5.39 Å². The third-order valence-corrected chi connectivity index (χ3v) is 5.10. The van der Waals surface area contributed by atoms with Gasteiger partial charge in [0.1, 0.15) is 0 Å². The second kappa shape index (κ2) is 6.02. The van der Waals surface area contributed by atoms with Crippen molar-refractivity contribution in [3.8, 4) is 0 Å². The van der Waals surface area contributed by atoms with E-state index in [2.05, 4.69) is 4.72 Å². The number of amides is 1. The van der Waals surface area contributed by atoms with Crippen molar-refractivity contribution in [2.75, 3.05) is 0 Å². The maximum Gasteiger partial charge on any atom is 0.266 e.